The molecule has 0 aliphatic carbocycles. The predicted molar refractivity (Wildman–Crippen MR) is 96.3 cm³/mol. The summed E-state index contributed by atoms with van der Waals surface area (Å²) in [6, 6.07) is 3.56. The predicted octanol–water partition coefficient (Wildman–Crippen LogP) is 2.80. The van der Waals surface area contributed by atoms with Crippen molar-refractivity contribution >= 4 is 23.2 Å². The second-order valence-corrected chi connectivity index (χ2v) is 7.27. The quantitative estimate of drug-likeness (QED) is 0.767. The molecule has 1 N–H and O–H groups in total. The number of carbonyl (C=O) groups is 2. The summed E-state index contributed by atoms with van der Waals surface area (Å²) in [6.07, 6.45) is 3.47. The monoisotopic (exact) mass is 361 g/mol. The number of nitrogens with zero attached hydrogens (tertiary/aromatic N) is 2. The van der Waals surface area contributed by atoms with Crippen molar-refractivity contribution in [1.82, 2.24) is 15.3 Å². The van der Waals surface area contributed by atoms with Crippen LogP contribution in [0.1, 0.15) is 49.4 Å². The number of esters is 1. The van der Waals surface area contributed by atoms with Gasteiger partial charge in [-0.05, 0) is 24.6 Å². The number of thiazole rings is 1. The molecule has 7 heteroatoms. The summed E-state index contributed by atoms with van der Waals surface area (Å²) < 4.78 is 4.78. The molecule has 0 radical (unpaired) electrons. The summed E-state index contributed by atoms with van der Waals surface area (Å²) in [6.45, 7) is 5.94. The van der Waals surface area contributed by atoms with Crippen LogP contribution in [0, 0.1) is 0 Å². The first-order valence-electron chi connectivity index (χ1n) is 8.06. The highest BCUT2D eigenvalue weighted by atomic mass is 32.1. The summed E-state index contributed by atoms with van der Waals surface area (Å²) in [5.41, 5.74) is 0.660. The molecular weight excluding hydrogens is 338 g/mol. The molecule has 0 bridgehead atoms. The molecule has 0 aromatic carbocycles. The Balaban J connectivity index is 2.15. The van der Waals surface area contributed by atoms with Crippen LogP contribution >= 0.6 is 11.3 Å². The number of pyridine rings is 1. The number of aromatic nitrogens is 2. The van der Waals surface area contributed by atoms with Gasteiger partial charge < -0.3 is 10.1 Å². The SMILES string of the molecule is COC(=O)CC(C)(NC(=O)Cc1csc(C(C)C)n1)c1ccncc1. The Morgan fingerprint density at radius 1 is 1.32 bits per heavy atom. The van der Waals surface area contributed by atoms with E-state index in [1.54, 1.807) is 42.8 Å². The smallest absolute Gasteiger partial charge is 0.308 e. The van der Waals surface area contributed by atoms with E-state index < -0.39 is 11.5 Å². The van der Waals surface area contributed by atoms with Gasteiger partial charge in [0.1, 0.15) is 0 Å². The second-order valence-electron chi connectivity index (χ2n) is 6.38. The Bertz CT molecular complexity index is 730. The molecule has 2 aromatic heterocycles. The Labute approximate surface area is 151 Å². The Morgan fingerprint density at radius 2 is 2.00 bits per heavy atom. The van der Waals surface area contributed by atoms with Gasteiger partial charge in [-0.25, -0.2) is 4.98 Å². The molecule has 6 nitrogen and oxygen atoms in total. The average Bonchev–Trinajstić information content (AvgIpc) is 3.04. The lowest BCUT2D eigenvalue weighted by atomic mass is 9.89. The van der Waals surface area contributed by atoms with Gasteiger partial charge in [0, 0.05) is 23.7 Å². The van der Waals surface area contributed by atoms with Crippen molar-refractivity contribution < 1.29 is 14.3 Å². The maximum Gasteiger partial charge on any atom is 0.308 e. The minimum atomic E-state index is -0.871. The van der Waals surface area contributed by atoms with Gasteiger partial charge in [-0.1, -0.05) is 13.8 Å². The lowest BCUT2D eigenvalue weighted by Gasteiger charge is -2.30. The van der Waals surface area contributed by atoms with E-state index in [2.05, 4.69) is 29.1 Å². The van der Waals surface area contributed by atoms with Crippen molar-refractivity contribution in [1.29, 1.82) is 0 Å². The van der Waals surface area contributed by atoms with Crippen LogP contribution in [-0.4, -0.2) is 29.0 Å². The highest BCUT2D eigenvalue weighted by molar-refractivity contribution is 7.09. The van der Waals surface area contributed by atoms with Crippen molar-refractivity contribution in [3.8, 4) is 0 Å². The Morgan fingerprint density at radius 3 is 2.56 bits per heavy atom. The van der Waals surface area contributed by atoms with Gasteiger partial charge in [0.15, 0.2) is 0 Å². The van der Waals surface area contributed by atoms with Crippen LogP contribution in [0.3, 0.4) is 0 Å². The molecular formula is C18H23N3O3S. The van der Waals surface area contributed by atoms with Gasteiger partial charge in [-0.3, -0.25) is 14.6 Å². The molecule has 0 saturated heterocycles. The topological polar surface area (TPSA) is 81.2 Å². The maximum absolute atomic E-state index is 12.5. The van der Waals surface area contributed by atoms with Gasteiger partial charge in [0.2, 0.25) is 5.91 Å². The van der Waals surface area contributed by atoms with Crippen LogP contribution < -0.4 is 5.32 Å². The third-order valence-electron chi connectivity index (χ3n) is 3.86. The largest absolute Gasteiger partial charge is 0.469 e. The maximum atomic E-state index is 12.5. The lowest BCUT2D eigenvalue weighted by molar-refractivity contribution is -0.142. The molecule has 134 valence electrons. The number of ether oxygens (including phenoxy) is 1. The van der Waals surface area contributed by atoms with Crippen molar-refractivity contribution in [3.63, 3.8) is 0 Å². The van der Waals surface area contributed by atoms with Crippen LogP contribution in [0.25, 0.3) is 0 Å². The summed E-state index contributed by atoms with van der Waals surface area (Å²) in [7, 11) is 1.33. The third kappa shape index (κ3) is 5.09. The zero-order valence-corrected chi connectivity index (χ0v) is 15.7. The molecule has 0 spiro atoms. The first kappa shape index (κ1) is 19.1. The molecule has 0 aliphatic rings. The summed E-state index contributed by atoms with van der Waals surface area (Å²) in [5, 5.41) is 5.87. The van der Waals surface area contributed by atoms with Gasteiger partial charge in [-0.15, -0.1) is 11.3 Å². The van der Waals surface area contributed by atoms with Crippen molar-refractivity contribution in [2.75, 3.05) is 7.11 Å². The number of amides is 1. The van der Waals surface area contributed by atoms with E-state index in [-0.39, 0.29) is 18.7 Å². The number of hydrogen-bond donors (Lipinski definition) is 1. The molecule has 0 aliphatic heterocycles. The standard InChI is InChI=1S/C18H23N3O3S/c1-12(2)17-20-14(11-25-17)9-15(22)21-18(3,10-16(23)24-4)13-5-7-19-8-6-13/h5-8,11-12H,9-10H2,1-4H3,(H,21,22). The van der Waals surface area contributed by atoms with Crippen LogP contribution in [-0.2, 0) is 26.3 Å². The van der Waals surface area contributed by atoms with E-state index in [4.69, 9.17) is 4.74 Å². The lowest BCUT2D eigenvalue weighted by Crippen LogP contribution is -2.45. The van der Waals surface area contributed by atoms with E-state index in [0.717, 1.165) is 16.3 Å². The fraction of sp³-hybridized carbons (Fsp3) is 0.444. The minimum Gasteiger partial charge on any atom is -0.469 e. The van der Waals surface area contributed by atoms with E-state index in [1.165, 1.54) is 7.11 Å². The number of carbonyl (C=O) groups excluding carboxylic acids is 2. The van der Waals surface area contributed by atoms with Crippen LogP contribution in [0.2, 0.25) is 0 Å². The number of methoxy groups -OCH3 is 1. The zero-order valence-electron chi connectivity index (χ0n) is 14.9. The molecule has 0 saturated carbocycles. The number of hydrogen-bond acceptors (Lipinski definition) is 6. The molecule has 2 heterocycles. The van der Waals surface area contributed by atoms with Gasteiger partial charge >= 0.3 is 5.97 Å². The minimum absolute atomic E-state index is 0.0353. The van der Waals surface area contributed by atoms with Gasteiger partial charge in [-0.2, -0.15) is 0 Å². The summed E-state index contributed by atoms with van der Waals surface area (Å²) >= 11 is 1.55. The second kappa shape index (κ2) is 8.20. The molecule has 1 unspecified atom stereocenters. The highest BCUT2D eigenvalue weighted by Crippen LogP contribution is 2.25. The summed E-state index contributed by atoms with van der Waals surface area (Å²) in [5.74, 6) is -0.248. The molecule has 25 heavy (non-hydrogen) atoms. The van der Waals surface area contributed by atoms with E-state index in [9.17, 15) is 9.59 Å². The first-order chi connectivity index (χ1) is 11.8. The van der Waals surface area contributed by atoms with Crippen molar-refractivity contribution in [2.24, 2.45) is 0 Å². The third-order valence-corrected chi connectivity index (χ3v) is 5.06. The average molecular weight is 361 g/mol. The Kier molecular flexibility index (Phi) is 6.25. The fourth-order valence-electron chi connectivity index (χ4n) is 2.48. The van der Waals surface area contributed by atoms with Crippen molar-refractivity contribution in [3.05, 3.63) is 46.2 Å². The van der Waals surface area contributed by atoms with Gasteiger partial charge in [0.25, 0.3) is 0 Å². The zero-order chi connectivity index (χ0) is 18.4. The Hall–Kier alpha value is -2.28. The molecule has 2 aromatic rings. The number of rotatable bonds is 7. The fourth-order valence-corrected chi connectivity index (χ4v) is 3.32. The van der Waals surface area contributed by atoms with E-state index in [0.29, 0.717) is 5.92 Å². The molecule has 1 atom stereocenters. The first-order valence-corrected chi connectivity index (χ1v) is 8.94. The molecule has 2 rings (SSSR count). The van der Waals surface area contributed by atoms with Gasteiger partial charge in [0.05, 0.1) is 36.2 Å². The van der Waals surface area contributed by atoms with Crippen LogP contribution in [0.5, 0.6) is 0 Å². The molecule has 0 fully saturated rings. The van der Waals surface area contributed by atoms with Crippen LogP contribution in [0.4, 0.5) is 0 Å². The summed E-state index contributed by atoms with van der Waals surface area (Å²) in [4.78, 5) is 32.8. The molecule has 1 amide bonds. The van der Waals surface area contributed by atoms with E-state index >= 15 is 0 Å². The van der Waals surface area contributed by atoms with Crippen molar-refractivity contribution in [2.45, 2.75) is 45.1 Å². The highest BCUT2D eigenvalue weighted by Gasteiger charge is 2.32. The number of nitrogens with one attached hydrogen (secondary N) is 1. The van der Waals surface area contributed by atoms with Crippen LogP contribution in [0.15, 0.2) is 29.9 Å². The normalized spacial score (nSPS) is 13.3. The van der Waals surface area contributed by atoms with E-state index in [1.807, 2.05) is 5.38 Å².